The molecule has 1 aliphatic rings. The number of carbonyl (C=O) groups excluding carboxylic acids is 2. The van der Waals surface area contributed by atoms with Crippen molar-refractivity contribution in [1.82, 2.24) is 9.29 Å². The molecule has 2 aromatic rings. The first kappa shape index (κ1) is 22.8. The minimum Gasteiger partial charge on any atom is -0.462 e. The van der Waals surface area contributed by atoms with Crippen molar-refractivity contribution in [1.29, 1.82) is 0 Å². The zero-order valence-electron chi connectivity index (χ0n) is 17.1. The lowest BCUT2D eigenvalue weighted by atomic mass is 10.2. The van der Waals surface area contributed by atoms with E-state index in [-0.39, 0.29) is 49.9 Å². The van der Waals surface area contributed by atoms with E-state index in [1.807, 2.05) is 0 Å². The van der Waals surface area contributed by atoms with Crippen molar-refractivity contribution >= 4 is 27.6 Å². The van der Waals surface area contributed by atoms with Crippen LogP contribution in [0.4, 0.5) is 10.1 Å². The average Bonchev–Trinajstić information content (AvgIpc) is 2.75. The van der Waals surface area contributed by atoms with Crippen LogP contribution in [0.15, 0.2) is 35.2 Å². The lowest BCUT2D eigenvalue weighted by Gasteiger charge is -2.26. The molecule has 0 saturated carbocycles. The van der Waals surface area contributed by atoms with Gasteiger partial charge in [-0.05, 0) is 44.2 Å². The fourth-order valence-corrected chi connectivity index (χ4v) is 4.51. The first-order chi connectivity index (χ1) is 14.7. The number of aromatic nitrogens is 1. The number of morpholine rings is 1. The Morgan fingerprint density at radius 1 is 1.23 bits per heavy atom. The standard InChI is InChI=1S/C20H22FN3O6S/c1-3-30-20(26)15-5-7-17(22-13(15)2)19(25)23-14-4-6-16(21)18(12-14)31(27,28)24-8-10-29-11-9-24/h4-7,12H,3,8-11H2,1-2H3,(H,23,25). The van der Waals surface area contributed by atoms with E-state index in [2.05, 4.69) is 10.3 Å². The minimum atomic E-state index is -4.08. The molecule has 2 heterocycles. The molecule has 0 spiro atoms. The van der Waals surface area contributed by atoms with E-state index in [1.165, 1.54) is 18.2 Å². The maximum absolute atomic E-state index is 14.3. The van der Waals surface area contributed by atoms with Crippen LogP contribution in [0.1, 0.15) is 33.5 Å². The molecule has 9 nitrogen and oxygen atoms in total. The summed E-state index contributed by atoms with van der Waals surface area (Å²) in [6.07, 6.45) is 0. The van der Waals surface area contributed by atoms with Gasteiger partial charge in [-0.25, -0.2) is 22.6 Å². The van der Waals surface area contributed by atoms with Gasteiger partial charge in [0.05, 0.1) is 31.1 Å². The Bertz CT molecular complexity index is 1100. The first-order valence-electron chi connectivity index (χ1n) is 9.57. The molecule has 1 fully saturated rings. The van der Waals surface area contributed by atoms with Gasteiger partial charge in [-0.1, -0.05) is 0 Å². The molecule has 0 aliphatic carbocycles. The number of anilines is 1. The predicted octanol–water partition coefficient (Wildman–Crippen LogP) is 1.98. The number of halogens is 1. The van der Waals surface area contributed by atoms with Crippen LogP contribution in [0.2, 0.25) is 0 Å². The summed E-state index contributed by atoms with van der Waals surface area (Å²) in [5.41, 5.74) is 0.638. The Labute approximate surface area is 179 Å². The first-order valence-corrected chi connectivity index (χ1v) is 11.0. The molecule has 0 bridgehead atoms. The van der Waals surface area contributed by atoms with Crippen LogP contribution in [-0.2, 0) is 19.5 Å². The van der Waals surface area contributed by atoms with E-state index in [9.17, 15) is 22.4 Å². The van der Waals surface area contributed by atoms with Crippen LogP contribution in [-0.4, -0.2) is 62.5 Å². The second-order valence-corrected chi connectivity index (χ2v) is 8.57. The highest BCUT2D eigenvalue weighted by atomic mass is 32.2. The van der Waals surface area contributed by atoms with E-state index in [0.717, 1.165) is 16.4 Å². The SMILES string of the molecule is CCOC(=O)c1ccc(C(=O)Nc2ccc(F)c(S(=O)(=O)N3CCOCC3)c2)nc1C. The molecular formula is C20H22FN3O6S. The van der Waals surface area contributed by atoms with E-state index >= 15 is 0 Å². The largest absolute Gasteiger partial charge is 0.462 e. The van der Waals surface area contributed by atoms with E-state index in [1.54, 1.807) is 13.8 Å². The fraction of sp³-hybridized carbons (Fsp3) is 0.350. The number of amides is 1. The maximum atomic E-state index is 14.3. The second kappa shape index (κ2) is 9.50. The predicted molar refractivity (Wildman–Crippen MR) is 109 cm³/mol. The molecule has 1 aromatic heterocycles. The number of hydrogen-bond acceptors (Lipinski definition) is 7. The molecule has 1 N–H and O–H groups in total. The van der Waals surface area contributed by atoms with Crippen molar-refractivity contribution in [3.63, 3.8) is 0 Å². The Kier molecular flexibility index (Phi) is 6.98. The number of sulfonamides is 1. The molecule has 1 aliphatic heterocycles. The molecule has 0 unspecified atom stereocenters. The van der Waals surface area contributed by atoms with Crippen LogP contribution < -0.4 is 5.32 Å². The number of benzene rings is 1. The Hall–Kier alpha value is -2.89. The Morgan fingerprint density at radius 3 is 2.58 bits per heavy atom. The molecule has 11 heteroatoms. The number of nitrogens with one attached hydrogen (secondary N) is 1. The van der Waals surface area contributed by atoms with Crippen LogP contribution in [0.3, 0.4) is 0 Å². The number of rotatable bonds is 6. The van der Waals surface area contributed by atoms with Crippen LogP contribution >= 0.6 is 0 Å². The van der Waals surface area contributed by atoms with Gasteiger partial charge in [0.25, 0.3) is 5.91 Å². The summed E-state index contributed by atoms with van der Waals surface area (Å²) < 4.78 is 51.1. The van der Waals surface area contributed by atoms with Gasteiger partial charge in [-0.3, -0.25) is 4.79 Å². The molecular weight excluding hydrogens is 429 g/mol. The normalized spacial score (nSPS) is 14.8. The van der Waals surface area contributed by atoms with Gasteiger partial charge in [0.15, 0.2) is 0 Å². The molecule has 1 amide bonds. The number of aryl methyl sites for hydroxylation is 1. The van der Waals surface area contributed by atoms with Crippen LogP contribution in [0, 0.1) is 12.7 Å². The average molecular weight is 451 g/mol. The van der Waals surface area contributed by atoms with Crippen molar-refractivity contribution < 1.29 is 31.9 Å². The summed E-state index contributed by atoms with van der Waals surface area (Å²) in [6.45, 7) is 4.14. The summed E-state index contributed by atoms with van der Waals surface area (Å²) in [5.74, 6) is -2.10. The zero-order valence-corrected chi connectivity index (χ0v) is 17.9. The molecule has 3 rings (SSSR count). The molecule has 166 valence electrons. The number of carbonyl (C=O) groups is 2. The third-order valence-electron chi connectivity index (χ3n) is 4.59. The van der Waals surface area contributed by atoms with E-state index < -0.39 is 32.6 Å². The number of ether oxygens (including phenoxy) is 2. The smallest absolute Gasteiger partial charge is 0.339 e. The minimum absolute atomic E-state index is 0.00691. The number of hydrogen-bond donors (Lipinski definition) is 1. The molecule has 1 aromatic carbocycles. The lowest BCUT2D eigenvalue weighted by Crippen LogP contribution is -2.40. The summed E-state index contributed by atoms with van der Waals surface area (Å²) in [4.78, 5) is 28.0. The molecule has 1 saturated heterocycles. The fourth-order valence-electron chi connectivity index (χ4n) is 3.01. The summed E-state index contributed by atoms with van der Waals surface area (Å²) in [6, 6.07) is 6.08. The number of nitrogens with zero attached hydrogens (tertiary/aromatic N) is 2. The lowest BCUT2D eigenvalue weighted by molar-refractivity contribution is 0.0524. The van der Waals surface area contributed by atoms with Crippen molar-refractivity contribution in [3.05, 3.63) is 53.1 Å². The monoisotopic (exact) mass is 451 g/mol. The Morgan fingerprint density at radius 2 is 1.94 bits per heavy atom. The third kappa shape index (κ3) is 5.06. The van der Waals surface area contributed by atoms with Crippen molar-refractivity contribution in [2.24, 2.45) is 0 Å². The van der Waals surface area contributed by atoms with Gasteiger partial charge < -0.3 is 14.8 Å². The van der Waals surface area contributed by atoms with E-state index in [0.29, 0.717) is 5.69 Å². The highest BCUT2D eigenvalue weighted by molar-refractivity contribution is 7.89. The van der Waals surface area contributed by atoms with E-state index in [4.69, 9.17) is 9.47 Å². The summed E-state index contributed by atoms with van der Waals surface area (Å²) in [7, 11) is -4.08. The van der Waals surface area contributed by atoms with Crippen LogP contribution in [0.25, 0.3) is 0 Å². The topological polar surface area (TPSA) is 115 Å². The van der Waals surface area contributed by atoms with Crippen molar-refractivity contribution in [2.45, 2.75) is 18.7 Å². The molecule has 0 atom stereocenters. The van der Waals surface area contributed by atoms with Gasteiger partial charge in [0.1, 0.15) is 16.4 Å². The number of pyridine rings is 1. The zero-order chi connectivity index (χ0) is 22.6. The highest BCUT2D eigenvalue weighted by Crippen LogP contribution is 2.24. The summed E-state index contributed by atoms with van der Waals surface area (Å²) in [5, 5.41) is 2.51. The number of esters is 1. The van der Waals surface area contributed by atoms with Gasteiger partial charge in [-0.15, -0.1) is 0 Å². The third-order valence-corrected chi connectivity index (χ3v) is 6.50. The van der Waals surface area contributed by atoms with Gasteiger partial charge in [-0.2, -0.15) is 4.31 Å². The van der Waals surface area contributed by atoms with Gasteiger partial charge in [0.2, 0.25) is 10.0 Å². The Balaban J connectivity index is 1.82. The summed E-state index contributed by atoms with van der Waals surface area (Å²) >= 11 is 0. The molecule has 0 radical (unpaired) electrons. The maximum Gasteiger partial charge on any atom is 0.339 e. The molecule has 31 heavy (non-hydrogen) atoms. The van der Waals surface area contributed by atoms with Crippen molar-refractivity contribution in [3.8, 4) is 0 Å². The van der Waals surface area contributed by atoms with Crippen LogP contribution in [0.5, 0.6) is 0 Å². The van der Waals surface area contributed by atoms with Gasteiger partial charge >= 0.3 is 5.97 Å². The van der Waals surface area contributed by atoms with Crippen molar-refractivity contribution in [2.75, 3.05) is 38.2 Å². The quantitative estimate of drug-likeness (QED) is 0.668. The van der Waals surface area contributed by atoms with Gasteiger partial charge in [0, 0.05) is 18.8 Å². The highest BCUT2D eigenvalue weighted by Gasteiger charge is 2.29. The second-order valence-electron chi connectivity index (χ2n) is 6.67.